The first-order valence-corrected chi connectivity index (χ1v) is 23.9. The zero-order chi connectivity index (χ0) is 46.7. The van der Waals surface area contributed by atoms with Gasteiger partial charge in [-0.25, -0.2) is 14.6 Å². The predicted molar refractivity (Wildman–Crippen MR) is 264 cm³/mol. The molecule has 5 rings (SSSR count). The number of hydrogen-bond donors (Lipinski definition) is 2. The molecule has 0 saturated heterocycles. The quantitative estimate of drug-likeness (QED) is 0.0407. The van der Waals surface area contributed by atoms with Crippen molar-refractivity contribution < 1.29 is 28.7 Å². The van der Waals surface area contributed by atoms with E-state index in [-0.39, 0.29) is 5.91 Å². The second kappa shape index (κ2) is 25.1. The van der Waals surface area contributed by atoms with Gasteiger partial charge in [0.15, 0.2) is 0 Å². The topological polar surface area (TPSA) is 132 Å². The van der Waals surface area contributed by atoms with Crippen LogP contribution in [0.2, 0.25) is 0 Å². The molecular formula is C55H72N4O6. The zero-order valence-electron chi connectivity index (χ0n) is 40.0. The summed E-state index contributed by atoms with van der Waals surface area (Å²) in [5.41, 5.74) is 6.34. The first-order valence-electron chi connectivity index (χ1n) is 23.9. The van der Waals surface area contributed by atoms with Gasteiger partial charge in [0.25, 0.3) is 0 Å². The van der Waals surface area contributed by atoms with Crippen molar-refractivity contribution in [1.82, 2.24) is 15.3 Å². The number of rotatable bonds is 24. The van der Waals surface area contributed by atoms with Crippen LogP contribution in [0.4, 0.5) is 0 Å². The Morgan fingerprint density at radius 3 is 1.69 bits per heavy atom. The number of nitrogens with one attached hydrogen (secondary N) is 2. The SMILES string of the molecule is CCCCCCCCCCCCCCCCNC(=O)C=Cc1ccc(-c2nc(-c3ccc(C4=NOC(C(=O)OC(C)(C)C)C4)cc3)[nH]c2-c2ccc(/C=C/C(=O)OC(C)(C)C)cc2)cc1. The number of imidazole rings is 1. The molecule has 10 nitrogen and oxygen atoms in total. The van der Waals surface area contributed by atoms with Crippen LogP contribution in [0.1, 0.15) is 161 Å². The van der Waals surface area contributed by atoms with Crippen LogP contribution in [0.5, 0.6) is 0 Å². The summed E-state index contributed by atoms with van der Waals surface area (Å²) >= 11 is 0. The van der Waals surface area contributed by atoms with Crippen LogP contribution in [0.15, 0.2) is 90.1 Å². The molecule has 1 aliphatic heterocycles. The number of carbonyl (C=O) groups is 3. The molecule has 3 aromatic carbocycles. The van der Waals surface area contributed by atoms with Gasteiger partial charge >= 0.3 is 11.9 Å². The Labute approximate surface area is 387 Å². The Bertz CT molecular complexity index is 2200. The first-order chi connectivity index (χ1) is 31.2. The number of aromatic nitrogens is 2. The van der Waals surface area contributed by atoms with Crippen LogP contribution in [0, 0.1) is 0 Å². The van der Waals surface area contributed by atoms with Gasteiger partial charge in [-0.15, -0.1) is 0 Å². The van der Waals surface area contributed by atoms with Crippen LogP contribution in [-0.2, 0) is 28.7 Å². The van der Waals surface area contributed by atoms with Crippen LogP contribution in [0.3, 0.4) is 0 Å². The monoisotopic (exact) mass is 885 g/mol. The van der Waals surface area contributed by atoms with Gasteiger partial charge in [0.2, 0.25) is 12.0 Å². The minimum absolute atomic E-state index is 0.0891. The molecular weight excluding hydrogens is 813 g/mol. The molecule has 2 heterocycles. The average molecular weight is 885 g/mol. The number of H-pyrrole nitrogens is 1. The highest BCUT2D eigenvalue weighted by Crippen LogP contribution is 2.34. The number of unbranched alkanes of at least 4 members (excludes halogenated alkanes) is 13. The fourth-order valence-corrected chi connectivity index (χ4v) is 7.57. The van der Waals surface area contributed by atoms with E-state index in [1.54, 1.807) is 12.2 Å². The molecule has 10 heteroatoms. The summed E-state index contributed by atoms with van der Waals surface area (Å²) in [6, 6.07) is 23.7. The molecule has 0 radical (unpaired) electrons. The number of aromatic amines is 1. The Morgan fingerprint density at radius 1 is 0.646 bits per heavy atom. The van der Waals surface area contributed by atoms with E-state index in [9.17, 15) is 14.4 Å². The van der Waals surface area contributed by atoms with E-state index in [1.165, 1.54) is 83.1 Å². The molecule has 0 saturated carbocycles. The Morgan fingerprint density at radius 2 is 1.14 bits per heavy atom. The maximum absolute atomic E-state index is 12.6. The average Bonchev–Trinajstić information content (AvgIpc) is 3.95. The van der Waals surface area contributed by atoms with Crippen molar-refractivity contribution in [2.75, 3.05) is 6.54 Å². The molecule has 1 atom stereocenters. The molecule has 4 aromatic rings. The fourth-order valence-electron chi connectivity index (χ4n) is 7.57. The summed E-state index contributed by atoms with van der Waals surface area (Å²) in [5.74, 6) is -0.252. The smallest absolute Gasteiger partial charge is 0.351 e. The molecule has 0 spiro atoms. The maximum atomic E-state index is 12.6. The van der Waals surface area contributed by atoms with Gasteiger partial charge in [0.05, 0.1) is 17.1 Å². The molecule has 65 heavy (non-hydrogen) atoms. The van der Waals surface area contributed by atoms with Gasteiger partial charge in [-0.1, -0.05) is 168 Å². The van der Waals surface area contributed by atoms with Gasteiger partial charge in [0.1, 0.15) is 17.0 Å². The summed E-state index contributed by atoms with van der Waals surface area (Å²) in [6.45, 7) is 13.9. The third kappa shape index (κ3) is 17.6. The van der Waals surface area contributed by atoms with Crippen molar-refractivity contribution in [1.29, 1.82) is 0 Å². The molecule has 0 aliphatic carbocycles. The second-order valence-corrected chi connectivity index (χ2v) is 19.1. The standard InChI is InChI=1S/C55H72N4O6/c1-8-9-10-11-12-13-14-15-16-17-18-19-20-21-38-56-48(60)36-26-40-22-28-43(29-23-40)50-51(44-30-24-41(25-31-44)27-37-49(61)63-54(2,3)4)58-52(57-50)45-34-32-42(33-35-45)46-39-47(65-59-46)53(62)64-55(5,6)7/h22-37,47H,8-21,38-39H2,1-7H3,(H,56,60)(H,57,58)/b36-26?,37-27+. The van der Waals surface area contributed by atoms with E-state index in [0.717, 1.165) is 57.6 Å². The van der Waals surface area contributed by atoms with E-state index in [2.05, 4.69) is 22.4 Å². The Balaban J connectivity index is 1.19. The van der Waals surface area contributed by atoms with E-state index in [0.29, 0.717) is 24.5 Å². The van der Waals surface area contributed by atoms with E-state index in [4.69, 9.17) is 19.3 Å². The third-order valence-electron chi connectivity index (χ3n) is 11.0. The summed E-state index contributed by atoms with van der Waals surface area (Å²) in [4.78, 5) is 51.6. The maximum Gasteiger partial charge on any atom is 0.351 e. The summed E-state index contributed by atoms with van der Waals surface area (Å²) in [6.07, 6.45) is 24.5. The Kier molecular flexibility index (Phi) is 19.4. The van der Waals surface area contributed by atoms with Gasteiger partial charge in [0, 0.05) is 41.8 Å². The lowest BCUT2D eigenvalue weighted by Gasteiger charge is -2.20. The number of benzene rings is 3. The molecule has 1 aromatic heterocycles. The number of esters is 2. The number of oxime groups is 1. The summed E-state index contributed by atoms with van der Waals surface area (Å²) in [7, 11) is 0. The highest BCUT2D eigenvalue weighted by atomic mass is 16.7. The number of hydrogen-bond acceptors (Lipinski definition) is 8. The van der Waals surface area contributed by atoms with Crippen LogP contribution < -0.4 is 5.32 Å². The molecule has 1 unspecified atom stereocenters. The molecule has 2 N–H and O–H groups in total. The van der Waals surface area contributed by atoms with Crippen molar-refractivity contribution >= 4 is 35.7 Å². The van der Waals surface area contributed by atoms with Crippen LogP contribution >= 0.6 is 0 Å². The van der Waals surface area contributed by atoms with Crippen molar-refractivity contribution in [2.45, 2.75) is 162 Å². The molecule has 0 fully saturated rings. The highest BCUT2D eigenvalue weighted by molar-refractivity contribution is 6.03. The number of ether oxygens (including phenoxy) is 2. The number of carbonyl (C=O) groups excluding carboxylic acids is 3. The van der Waals surface area contributed by atoms with E-state index >= 15 is 0 Å². The van der Waals surface area contributed by atoms with Crippen molar-refractivity contribution in [2.24, 2.45) is 5.16 Å². The minimum Gasteiger partial charge on any atom is -0.457 e. The molecule has 0 bridgehead atoms. The summed E-state index contributed by atoms with van der Waals surface area (Å²) < 4.78 is 10.9. The van der Waals surface area contributed by atoms with Crippen LogP contribution in [-0.4, -0.2) is 57.4 Å². The fraction of sp³-hybridized carbons (Fsp3) is 0.473. The first kappa shape index (κ1) is 50.2. The highest BCUT2D eigenvalue weighted by Gasteiger charge is 2.33. The van der Waals surface area contributed by atoms with Crippen molar-refractivity contribution in [3.8, 4) is 33.9 Å². The van der Waals surface area contributed by atoms with E-state index < -0.39 is 29.2 Å². The normalized spacial score (nSPS) is 14.1. The largest absolute Gasteiger partial charge is 0.457 e. The lowest BCUT2D eigenvalue weighted by atomic mass is 10.0. The van der Waals surface area contributed by atoms with Crippen molar-refractivity contribution in [3.63, 3.8) is 0 Å². The second-order valence-electron chi connectivity index (χ2n) is 19.1. The van der Waals surface area contributed by atoms with Gasteiger partial charge in [-0.05, 0) is 76.8 Å². The van der Waals surface area contributed by atoms with Crippen molar-refractivity contribution in [3.05, 3.63) is 102 Å². The minimum atomic E-state index is -0.777. The van der Waals surface area contributed by atoms with Gasteiger partial charge in [-0.3, -0.25) is 4.79 Å². The lowest BCUT2D eigenvalue weighted by molar-refractivity contribution is -0.166. The molecule has 1 aliphatic rings. The lowest BCUT2D eigenvalue weighted by Crippen LogP contribution is -2.32. The van der Waals surface area contributed by atoms with Crippen LogP contribution in [0.25, 0.3) is 46.1 Å². The van der Waals surface area contributed by atoms with Gasteiger partial charge < -0.3 is 24.6 Å². The predicted octanol–water partition coefficient (Wildman–Crippen LogP) is 13.2. The molecule has 348 valence electrons. The molecule has 1 amide bonds. The zero-order valence-corrected chi connectivity index (χ0v) is 40.0. The van der Waals surface area contributed by atoms with Gasteiger partial charge in [-0.2, -0.15) is 0 Å². The third-order valence-corrected chi connectivity index (χ3v) is 11.0. The summed E-state index contributed by atoms with van der Waals surface area (Å²) in [5, 5.41) is 7.23. The Hall–Kier alpha value is -5.77. The van der Waals surface area contributed by atoms with E-state index in [1.807, 2.05) is 120 Å². The number of nitrogens with zero attached hydrogens (tertiary/aromatic N) is 2. The number of amides is 1.